The van der Waals surface area contributed by atoms with Gasteiger partial charge in [-0.3, -0.25) is 14.9 Å². The number of hydrogen-bond acceptors (Lipinski definition) is 6. The predicted octanol–water partition coefficient (Wildman–Crippen LogP) is 0.633. The van der Waals surface area contributed by atoms with Gasteiger partial charge in [0.25, 0.3) is 5.91 Å². The van der Waals surface area contributed by atoms with Crippen LogP contribution in [0.4, 0.5) is 4.79 Å². The van der Waals surface area contributed by atoms with Crippen LogP contribution in [-0.4, -0.2) is 33.5 Å². The summed E-state index contributed by atoms with van der Waals surface area (Å²) in [6.07, 6.45) is 4.23. The van der Waals surface area contributed by atoms with Crippen LogP contribution < -0.4 is 10.6 Å². The molecule has 22 heavy (non-hydrogen) atoms. The molecule has 1 aromatic rings. The van der Waals surface area contributed by atoms with Gasteiger partial charge in [-0.15, -0.1) is 0 Å². The summed E-state index contributed by atoms with van der Waals surface area (Å²) in [6.45, 7) is 5.28. The second kappa shape index (κ2) is 5.70. The highest BCUT2D eigenvalue weighted by atomic mass is 16.6. The molecule has 1 aromatic heterocycles. The molecular weight excluding hydrogens is 288 g/mol. The van der Waals surface area contributed by atoms with Crippen molar-refractivity contribution in [2.75, 3.05) is 0 Å². The van der Waals surface area contributed by atoms with Gasteiger partial charge in [0.05, 0.1) is 0 Å². The lowest BCUT2D eigenvalue weighted by molar-refractivity contribution is -0.155. The summed E-state index contributed by atoms with van der Waals surface area (Å²) < 4.78 is 5.23. The molecule has 0 unspecified atom stereocenters. The van der Waals surface area contributed by atoms with E-state index >= 15 is 0 Å². The fourth-order valence-corrected chi connectivity index (χ4v) is 2.22. The number of carbonyl (C=O) groups excluding carboxylic acids is 3. The SMILES string of the molecule is CC(C)(C)OC(=O)CC[C@@]1(c2cncnc2)NC(=O)NC1=O. The molecule has 1 atom stereocenters. The summed E-state index contributed by atoms with van der Waals surface area (Å²) in [5.74, 6) is -0.978. The Morgan fingerprint density at radius 3 is 2.41 bits per heavy atom. The first-order valence-corrected chi connectivity index (χ1v) is 6.84. The van der Waals surface area contributed by atoms with E-state index in [0.717, 1.165) is 0 Å². The quantitative estimate of drug-likeness (QED) is 0.623. The van der Waals surface area contributed by atoms with Crippen LogP contribution in [0.3, 0.4) is 0 Å². The zero-order valence-electron chi connectivity index (χ0n) is 12.7. The van der Waals surface area contributed by atoms with Gasteiger partial charge in [-0.1, -0.05) is 0 Å². The third kappa shape index (κ3) is 3.38. The van der Waals surface area contributed by atoms with E-state index in [2.05, 4.69) is 20.6 Å². The first-order chi connectivity index (χ1) is 10.2. The standard InChI is InChI=1S/C14H18N4O4/c1-13(2,3)22-10(19)4-5-14(9-6-15-8-16-7-9)11(20)17-12(21)18-14/h6-8H,4-5H2,1-3H3,(H2,17,18,20,21)/t14-/m0/s1. The zero-order chi connectivity index (χ0) is 16.4. The van der Waals surface area contributed by atoms with Crippen LogP contribution in [0.5, 0.6) is 0 Å². The summed E-state index contributed by atoms with van der Waals surface area (Å²) in [7, 11) is 0. The summed E-state index contributed by atoms with van der Waals surface area (Å²) in [4.78, 5) is 43.3. The zero-order valence-corrected chi connectivity index (χ0v) is 12.7. The van der Waals surface area contributed by atoms with E-state index in [-0.39, 0.29) is 12.8 Å². The molecule has 0 saturated carbocycles. The Labute approximate surface area is 127 Å². The van der Waals surface area contributed by atoms with E-state index < -0.39 is 29.0 Å². The number of urea groups is 1. The molecule has 1 aliphatic rings. The molecule has 3 amide bonds. The Kier molecular flexibility index (Phi) is 4.11. The monoisotopic (exact) mass is 306 g/mol. The van der Waals surface area contributed by atoms with Crippen LogP contribution in [0.1, 0.15) is 39.2 Å². The summed E-state index contributed by atoms with van der Waals surface area (Å²) in [5.41, 5.74) is -1.54. The third-order valence-electron chi connectivity index (χ3n) is 3.12. The molecule has 0 bridgehead atoms. The van der Waals surface area contributed by atoms with Crippen molar-refractivity contribution in [1.29, 1.82) is 0 Å². The Morgan fingerprint density at radius 1 is 1.27 bits per heavy atom. The summed E-state index contributed by atoms with van der Waals surface area (Å²) in [5, 5.41) is 4.75. The fourth-order valence-electron chi connectivity index (χ4n) is 2.22. The van der Waals surface area contributed by atoms with Crippen LogP contribution >= 0.6 is 0 Å². The van der Waals surface area contributed by atoms with Crippen LogP contribution in [-0.2, 0) is 19.9 Å². The van der Waals surface area contributed by atoms with Gasteiger partial charge in [0.15, 0.2) is 0 Å². The molecule has 0 spiro atoms. The minimum Gasteiger partial charge on any atom is -0.460 e. The molecule has 8 heteroatoms. The van der Waals surface area contributed by atoms with Gasteiger partial charge in [0, 0.05) is 24.4 Å². The van der Waals surface area contributed by atoms with E-state index in [1.807, 2.05) is 0 Å². The highest BCUT2D eigenvalue weighted by molar-refractivity contribution is 6.07. The van der Waals surface area contributed by atoms with Crippen LogP contribution in [0, 0.1) is 0 Å². The third-order valence-corrected chi connectivity index (χ3v) is 3.12. The molecule has 1 saturated heterocycles. The smallest absolute Gasteiger partial charge is 0.322 e. The number of ether oxygens (including phenoxy) is 1. The van der Waals surface area contributed by atoms with Crippen LogP contribution in [0.2, 0.25) is 0 Å². The van der Waals surface area contributed by atoms with E-state index in [0.29, 0.717) is 5.56 Å². The number of nitrogens with zero attached hydrogens (tertiary/aromatic N) is 2. The lowest BCUT2D eigenvalue weighted by Crippen LogP contribution is -2.44. The number of amides is 3. The Morgan fingerprint density at radius 2 is 1.91 bits per heavy atom. The van der Waals surface area contributed by atoms with Crippen molar-refractivity contribution >= 4 is 17.9 Å². The van der Waals surface area contributed by atoms with E-state index in [1.54, 1.807) is 20.8 Å². The van der Waals surface area contributed by atoms with E-state index in [9.17, 15) is 14.4 Å². The largest absolute Gasteiger partial charge is 0.460 e. The molecule has 0 radical (unpaired) electrons. The van der Waals surface area contributed by atoms with E-state index in [1.165, 1.54) is 18.7 Å². The molecule has 0 aromatic carbocycles. The molecule has 118 valence electrons. The maximum absolute atomic E-state index is 12.2. The fraction of sp³-hybridized carbons (Fsp3) is 0.500. The van der Waals surface area contributed by atoms with Crippen molar-refractivity contribution in [3.8, 4) is 0 Å². The van der Waals surface area contributed by atoms with Crippen molar-refractivity contribution in [3.63, 3.8) is 0 Å². The number of aromatic nitrogens is 2. The second-order valence-corrected chi connectivity index (χ2v) is 6.03. The molecule has 2 heterocycles. The Balaban J connectivity index is 2.19. The Hall–Kier alpha value is -2.51. The van der Waals surface area contributed by atoms with Gasteiger partial charge in [0.2, 0.25) is 0 Å². The topological polar surface area (TPSA) is 110 Å². The van der Waals surface area contributed by atoms with Crippen molar-refractivity contribution in [2.24, 2.45) is 0 Å². The van der Waals surface area contributed by atoms with Crippen molar-refractivity contribution in [2.45, 2.75) is 44.8 Å². The molecule has 1 fully saturated rings. The minimum absolute atomic E-state index is 0.0279. The van der Waals surface area contributed by atoms with Gasteiger partial charge < -0.3 is 10.1 Å². The number of nitrogens with one attached hydrogen (secondary N) is 2. The normalized spacial score (nSPS) is 21.2. The average molecular weight is 306 g/mol. The van der Waals surface area contributed by atoms with Crippen molar-refractivity contribution in [3.05, 3.63) is 24.3 Å². The molecule has 0 aliphatic carbocycles. The second-order valence-electron chi connectivity index (χ2n) is 6.03. The maximum Gasteiger partial charge on any atom is 0.322 e. The average Bonchev–Trinajstić information content (AvgIpc) is 2.71. The highest BCUT2D eigenvalue weighted by Gasteiger charge is 2.48. The Bertz CT molecular complexity index is 597. The van der Waals surface area contributed by atoms with Crippen molar-refractivity contribution < 1.29 is 19.1 Å². The van der Waals surface area contributed by atoms with Crippen molar-refractivity contribution in [1.82, 2.24) is 20.6 Å². The lowest BCUT2D eigenvalue weighted by atomic mass is 9.87. The van der Waals surface area contributed by atoms with Crippen LogP contribution in [0.15, 0.2) is 18.7 Å². The van der Waals surface area contributed by atoms with E-state index in [4.69, 9.17) is 4.74 Å². The highest BCUT2D eigenvalue weighted by Crippen LogP contribution is 2.29. The van der Waals surface area contributed by atoms with Crippen LogP contribution in [0.25, 0.3) is 0 Å². The predicted molar refractivity (Wildman–Crippen MR) is 75.5 cm³/mol. The maximum atomic E-state index is 12.2. The summed E-state index contributed by atoms with van der Waals surface area (Å²) in [6, 6.07) is -0.613. The number of esters is 1. The molecule has 1 aliphatic heterocycles. The van der Waals surface area contributed by atoms with Gasteiger partial charge >= 0.3 is 12.0 Å². The number of hydrogen-bond donors (Lipinski definition) is 2. The van der Waals surface area contributed by atoms with Gasteiger partial charge in [0.1, 0.15) is 17.5 Å². The lowest BCUT2D eigenvalue weighted by Gasteiger charge is -2.26. The molecule has 2 N–H and O–H groups in total. The number of imide groups is 1. The number of carbonyl (C=O) groups is 3. The van der Waals surface area contributed by atoms with Gasteiger partial charge in [-0.2, -0.15) is 0 Å². The first-order valence-electron chi connectivity index (χ1n) is 6.84. The first kappa shape index (κ1) is 15.9. The number of rotatable bonds is 4. The molecule has 2 rings (SSSR count). The molecule has 8 nitrogen and oxygen atoms in total. The van der Waals surface area contributed by atoms with Gasteiger partial charge in [-0.05, 0) is 27.2 Å². The molecular formula is C14H18N4O4. The minimum atomic E-state index is -1.35. The summed E-state index contributed by atoms with van der Waals surface area (Å²) >= 11 is 0. The van der Waals surface area contributed by atoms with Gasteiger partial charge in [-0.25, -0.2) is 14.8 Å².